The highest BCUT2D eigenvalue weighted by atomic mass is 19.4. The number of amides is 1. The van der Waals surface area contributed by atoms with Gasteiger partial charge >= 0.3 is 6.18 Å². The number of carbonyl (C=O) groups is 1. The molecule has 2 rings (SSSR count). The van der Waals surface area contributed by atoms with E-state index in [-0.39, 0.29) is 11.4 Å². The molecule has 1 amide bonds. The van der Waals surface area contributed by atoms with Crippen LogP contribution in [0.25, 0.3) is 0 Å². The van der Waals surface area contributed by atoms with Crippen molar-refractivity contribution in [2.45, 2.75) is 6.18 Å². The van der Waals surface area contributed by atoms with Crippen LogP contribution in [0.3, 0.4) is 0 Å². The highest BCUT2D eigenvalue weighted by Gasteiger charge is 2.35. The summed E-state index contributed by atoms with van der Waals surface area (Å²) >= 11 is 0. The lowest BCUT2D eigenvalue weighted by molar-refractivity contribution is -0.144. The fourth-order valence-corrected chi connectivity index (χ4v) is 1.27. The highest BCUT2D eigenvalue weighted by Crippen LogP contribution is 2.27. The Morgan fingerprint density at radius 2 is 1.94 bits per heavy atom. The van der Waals surface area contributed by atoms with Gasteiger partial charge in [0.2, 0.25) is 5.82 Å². The molecule has 16 heavy (non-hydrogen) atoms. The first-order valence-corrected chi connectivity index (χ1v) is 4.45. The molecule has 1 aromatic rings. The second-order valence-corrected chi connectivity index (χ2v) is 3.14. The van der Waals surface area contributed by atoms with Crippen molar-refractivity contribution >= 4 is 11.7 Å². The number of anilines is 1. The molecule has 0 saturated carbocycles. The first-order chi connectivity index (χ1) is 7.48. The third-order valence-electron chi connectivity index (χ3n) is 1.99. The third-order valence-corrected chi connectivity index (χ3v) is 1.99. The average molecular weight is 232 g/mol. The second kappa shape index (κ2) is 3.62. The van der Waals surface area contributed by atoms with Gasteiger partial charge in [0, 0.05) is 19.3 Å². The smallest absolute Gasteiger partial charge is 0.368 e. The van der Waals surface area contributed by atoms with Gasteiger partial charge in [0.15, 0.2) is 0 Å². The summed E-state index contributed by atoms with van der Waals surface area (Å²) in [4.78, 5) is 17.8. The van der Waals surface area contributed by atoms with Crippen LogP contribution in [0.15, 0.2) is 6.20 Å². The molecule has 2 heterocycles. The van der Waals surface area contributed by atoms with Crippen molar-refractivity contribution in [2.75, 3.05) is 18.4 Å². The van der Waals surface area contributed by atoms with E-state index in [1.807, 2.05) is 0 Å². The van der Waals surface area contributed by atoms with Gasteiger partial charge in [0.05, 0.1) is 0 Å². The van der Waals surface area contributed by atoms with Crippen LogP contribution >= 0.6 is 0 Å². The summed E-state index contributed by atoms with van der Waals surface area (Å²) < 4.78 is 36.9. The van der Waals surface area contributed by atoms with Crippen molar-refractivity contribution in [2.24, 2.45) is 0 Å². The molecule has 0 spiro atoms. The summed E-state index contributed by atoms with van der Waals surface area (Å²) in [5.41, 5.74) is 0.0190. The zero-order chi connectivity index (χ0) is 11.8. The topological polar surface area (TPSA) is 66.9 Å². The minimum absolute atomic E-state index is 0.0190. The summed E-state index contributed by atoms with van der Waals surface area (Å²) in [6.07, 6.45) is -3.74. The number of halogens is 3. The zero-order valence-electron chi connectivity index (χ0n) is 7.93. The Hall–Kier alpha value is -1.86. The summed E-state index contributed by atoms with van der Waals surface area (Å²) in [5.74, 6) is -1.82. The first kappa shape index (κ1) is 10.7. The maximum atomic E-state index is 12.3. The van der Waals surface area contributed by atoms with Crippen molar-refractivity contribution in [3.63, 3.8) is 0 Å². The molecule has 1 aromatic heterocycles. The standard InChI is InChI=1S/C8H7F3N4O/c9-8(10,11)7-14-3-4-5(15-7)12-1-2-13-6(4)16/h3H,1-2H2,(H,13,16)(H,12,14,15). The molecule has 8 heteroatoms. The predicted molar refractivity (Wildman–Crippen MR) is 47.9 cm³/mol. The van der Waals surface area contributed by atoms with Crippen molar-refractivity contribution in [3.8, 4) is 0 Å². The largest absolute Gasteiger partial charge is 0.451 e. The Balaban J connectivity index is 2.45. The fraction of sp³-hybridized carbons (Fsp3) is 0.375. The Morgan fingerprint density at radius 3 is 2.62 bits per heavy atom. The van der Waals surface area contributed by atoms with Crippen LogP contribution in [0.5, 0.6) is 0 Å². The summed E-state index contributed by atoms with van der Waals surface area (Å²) in [6.45, 7) is 0.656. The molecule has 0 fully saturated rings. The van der Waals surface area contributed by atoms with Crippen molar-refractivity contribution in [1.82, 2.24) is 15.3 Å². The van der Waals surface area contributed by atoms with E-state index < -0.39 is 17.9 Å². The highest BCUT2D eigenvalue weighted by molar-refractivity contribution is 5.98. The molecule has 0 aromatic carbocycles. The molecule has 86 valence electrons. The van der Waals surface area contributed by atoms with E-state index in [1.165, 1.54) is 0 Å². The van der Waals surface area contributed by atoms with E-state index in [0.717, 1.165) is 6.20 Å². The Bertz CT molecular complexity index is 432. The summed E-state index contributed by atoms with van der Waals surface area (Å²) in [6, 6.07) is 0. The molecular formula is C8H7F3N4O. The number of nitrogens with one attached hydrogen (secondary N) is 2. The number of aromatic nitrogens is 2. The Labute approximate surface area is 88.1 Å². The van der Waals surface area contributed by atoms with Crippen molar-refractivity contribution in [3.05, 3.63) is 17.6 Å². The van der Waals surface area contributed by atoms with Gasteiger partial charge in [-0.15, -0.1) is 0 Å². The van der Waals surface area contributed by atoms with Gasteiger partial charge in [0.1, 0.15) is 11.4 Å². The van der Waals surface area contributed by atoms with Gasteiger partial charge in [-0.1, -0.05) is 0 Å². The van der Waals surface area contributed by atoms with E-state index in [9.17, 15) is 18.0 Å². The molecule has 1 aliphatic rings. The molecule has 1 aliphatic heterocycles. The van der Waals surface area contributed by atoms with Crippen molar-refractivity contribution in [1.29, 1.82) is 0 Å². The van der Waals surface area contributed by atoms with Crippen LogP contribution in [0, 0.1) is 0 Å². The normalized spacial score (nSPS) is 15.8. The SMILES string of the molecule is O=C1NCCNc2nc(C(F)(F)F)ncc21. The number of fused-ring (bicyclic) bond motifs is 1. The molecule has 0 unspecified atom stereocenters. The molecule has 0 atom stereocenters. The van der Waals surface area contributed by atoms with E-state index >= 15 is 0 Å². The average Bonchev–Trinajstić information content (AvgIpc) is 2.39. The Kier molecular flexibility index (Phi) is 2.41. The number of carbonyl (C=O) groups excluding carboxylic acids is 1. The van der Waals surface area contributed by atoms with Crippen LogP contribution in [0.2, 0.25) is 0 Å². The number of rotatable bonds is 0. The zero-order valence-corrected chi connectivity index (χ0v) is 7.93. The van der Waals surface area contributed by atoms with Gasteiger partial charge in [-0.3, -0.25) is 4.79 Å². The fourth-order valence-electron chi connectivity index (χ4n) is 1.27. The van der Waals surface area contributed by atoms with E-state index in [1.54, 1.807) is 0 Å². The lowest BCUT2D eigenvalue weighted by atomic mass is 10.3. The predicted octanol–water partition coefficient (Wildman–Crippen LogP) is 0.651. The quantitative estimate of drug-likeness (QED) is 0.689. The van der Waals surface area contributed by atoms with E-state index in [0.29, 0.717) is 13.1 Å². The number of nitrogens with zero attached hydrogens (tertiary/aromatic N) is 2. The molecule has 0 radical (unpaired) electrons. The van der Waals surface area contributed by atoms with Gasteiger partial charge < -0.3 is 10.6 Å². The number of alkyl halides is 3. The third kappa shape index (κ3) is 1.90. The van der Waals surface area contributed by atoms with Crippen LogP contribution in [0.1, 0.15) is 16.2 Å². The number of hydrogen-bond donors (Lipinski definition) is 2. The lowest BCUT2D eigenvalue weighted by Crippen LogP contribution is -2.24. The minimum Gasteiger partial charge on any atom is -0.368 e. The maximum absolute atomic E-state index is 12.3. The molecular weight excluding hydrogens is 225 g/mol. The summed E-state index contributed by atoms with van der Waals surface area (Å²) in [7, 11) is 0. The summed E-state index contributed by atoms with van der Waals surface area (Å²) in [5, 5.41) is 5.13. The second-order valence-electron chi connectivity index (χ2n) is 3.14. The van der Waals surface area contributed by atoms with E-state index in [2.05, 4.69) is 20.6 Å². The van der Waals surface area contributed by atoms with Crippen LogP contribution in [0.4, 0.5) is 19.0 Å². The van der Waals surface area contributed by atoms with Gasteiger partial charge in [-0.05, 0) is 0 Å². The number of hydrogen-bond acceptors (Lipinski definition) is 4. The lowest BCUT2D eigenvalue weighted by Gasteiger charge is -2.08. The molecule has 0 saturated heterocycles. The van der Waals surface area contributed by atoms with Crippen LogP contribution < -0.4 is 10.6 Å². The monoisotopic (exact) mass is 232 g/mol. The van der Waals surface area contributed by atoms with E-state index in [4.69, 9.17) is 0 Å². The molecule has 2 N–H and O–H groups in total. The first-order valence-electron chi connectivity index (χ1n) is 4.45. The molecule has 0 bridgehead atoms. The molecule has 5 nitrogen and oxygen atoms in total. The molecule has 0 aliphatic carbocycles. The van der Waals surface area contributed by atoms with Gasteiger partial charge in [-0.25, -0.2) is 9.97 Å². The minimum atomic E-state index is -4.61. The van der Waals surface area contributed by atoms with Crippen LogP contribution in [-0.4, -0.2) is 29.0 Å². The Morgan fingerprint density at radius 1 is 1.25 bits per heavy atom. The van der Waals surface area contributed by atoms with Gasteiger partial charge in [-0.2, -0.15) is 13.2 Å². The van der Waals surface area contributed by atoms with Gasteiger partial charge in [0.25, 0.3) is 5.91 Å². The maximum Gasteiger partial charge on any atom is 0.451 e. The van der Waals surface area contributed by atoms with Crippen molar-refractivity contribution < 1.29 is 18.0 Å². The van der Waals surface area contributed by atoms with Crippen LogP contribution in [-0.2, 0) is 6.18 Å².